The van der Waals surface area contributed by atoms with Gasteiger partial charge < -0.3 is 15.1 Å². The summed E-state index contributed by atoms with van der Waals surface area (Å²) in [5.41, 5.74) is 0. The maximum atomic E-state index is 11.6. The van der Waals surface area contributed by atoms with E-state index in [1.807, 2.05) is 0 Å². The molecule has 0 aliphatic carbocycles. The van der Waals surface area contributed by atoms with Crippen molar-refractivity contribution in [2.75, 3.05) is 20.1 Å². The topological polar surface area (TPSA) is 118 Å². The second kappa shape index (κ2) is 6.34. The fourth-order valence-corrected chi connectivity index (χ4v) is 1.84. The summed E-state index contributed by atoms with van der Waals surface area (Å²) in [4.78, 5) is 22.2. The molecule has 1 rings (SSSR count). The SMILES string of the molecule is CNS(=O)(=O)c1ccc(C(=O)NCCNC(C)=O)o1. The van der Waals surface area contributed by atoms with E-state index in [0.29, 0.717) is 0 Å². The predicted molar refractivity (Wildman–Crippen MR) is 66.0 cm³/mol. The molecule has 9 heteroatoms. The Morgan fingerprint density at radius 2 is 1.84 bits per heavy atom. The molecular formula is C10H15N3O5S. The highest BCUT2D eigenvalue weighted by Gasteiger charge is 2.19. The highest BCUT2D eigenvalue weighted by molar-refractivity contribution is 7.89. The van der Waals surface area contributed by atoms with Gasteiger partial charge in [-0.3, -0.25) is 9.59 Å². The van der Waals surface area contributed by atoms with Gasteiger partial charge in [0, 0.05) is 20.0 Å². The minimum atomic E-state index is -3.70. The van der Waals surface area contributed by atoms with E-state index in [1.165, 1.54) is 26.1 Å². The third kappa shape index (κ3) is 4.38. The van der Waals surface area contributed by atoms with Crippen molar-refractivity contribution in [3.63, 3.8) is 0 Å². The number of carbonyl (C=O) groups is 2. The average molecular weight is 289 g/mol. The van der Waals surface area contributed by atoms with Crippen molar-refractivity contribution in [3.05, 3.63) is 17.9 Å². The zero-order chi connectivity index (χ0) is 14.5. The molecule has 106 valence electrons. The molecule has 0 aliphatic rings. The summed E-state index contributed by atoms with van der Waals surface area (Å²) in [5, 5.41) is 4.64. The van der Waals surface area contributed by atoms with Gasteiger partial charge in [-0.1, -0.05) is 0 Å². The van der Waals surface area contributed by atoms with Gasteiger partial charge in [-0.25, -0.2) is 13.1 Å². The van der Waals surface area contributed by atoms with Crippen LogP contribution in [0.1, 0.15) is 17.5 Å². The molecular weight excluding hydrogens is 274 g/mol. The minimum Gasteiger partial charge on any atom is -0.438 e. The molecule has 0 fully saturated rings. The van der Waals surface area contributed by atoms with Crippen LogP contribution in [0.25, 0.3) is 0 Å². The molecule has 0 atom stereocenters. The Kier molecular flexibility index (Phi) is 5.07. The molecule has 0 aromatic carbocycles. The van der Waals surface area contributed by atoms with Crippen LogP contribution in [0.2, 0.25) is 0 Å². The second-order valence-electron chi connectivity index (χ2n) is 3.57. The Morgan fingerprint density at radius 1 is 1.21 bits per heavy atom. The van der Waals surface area contributed by atoms with Crippen molar-refractivity contribution in [2.24, 2.45) is 0 Å². The van der Waals surface area contributed by atoms with Crippen LogP contribution in [-0.2, 0) is 14.8 Å². The Labute approximate surface area is 110 Å². The first-order valence-electron chi connectivity index (χ1n) is 5.43. The van der Waals surface area contributed by atoms with Crippen molar-refractivity contribution < 1.29 is 22.4 Å². The molecule has 1 heterocycles. The van der Waals surface area contributed by atoms with E-state index in [2.05, 4.69) is 15.4 Å². The molecule has 1 aromatic heterocycles. The van der Waals surface area contributed by atoms with Crippen molar-refractivity contribution in [2.45, 2.75) is 12.0 Å². The minimum absolute atomic E-state index is 0.114. The zero-order valence-corrected chi connectivity index (χ0v) is 11.3. The van der Waals surface area contributed by atoms with Crippen molar-refractivity contribution in [1.82, 2.24) is 15.4 Å². The van der Waals surface area contributed by atoms with Crippen molar-refractivity contribution >= 4 is 21.8 Å². The average Bonchev–Trinajstić information content (AvgIpc) is 2.84. The van der Waals surface area contributed by atoms with Gasteiger partial charge in [-0.15, -0.1) is 0 Å². The Hall–Kier alpha value is -1.87. The van der Waals surface area contributed by atoms with Crippen LogP contribution in [0.4, 0.5) is 0 Å². The molecule has 0 saturated carbocycles. The van der Waals surface area contributed by atoms with Crippen molar-refractivity contribution in [3.8, 4) is 0 Å². The summed E-state index contributed by atoms with van der Waals surface area (Å²) >= 11 is 0. The fourth-order valence-electron chi connectivity index (χ4n) is 1.19. The Bertz CT molecular complexity index is 563. The number of carbonyl (C=O) groups excluding carboxylic acids is 2. The number of hydrogen-bond acceptors (Lipinski definition) is 5. The van der Waals surface area contributed by atoms with Crippen LogP contribution in [0.5, 0.6) is 0 Å². The molecule has 0 aliphatic heterocycles. The van der Waals surface area contributed by atoms with Gasteiger partial charge in [0.1, 0.15) is 0 Å². The number of rotatable bonds is 6. The summed E-state index contributed by atoms with van der Waals surface area (Å²) in [7, 11) is -2.46. The summed E-state index contributed by atoms with van der Waals surface area (Å²) in [5.74, 6) is -0.866. The van der Waals surface area contributed by atoms with Gasteiger partial charge in [-0.05, 0) is 19.2 Å². The maximum absolute atomic E-state index is 11.6. The Balaban J connectivity index is 2.57. The second-order valence-corrected chi connectivity index (χ2v) is 5.38. The highest BCUT2D eigenvalue weighted by Crippen LogP contribution is 2.13. The number of furan rings is 1. The van der Waals surface area contributed by atoms with Crippen LogP contribution >= 0.6 is 0 Å². The van der Waals surface area contributed by atoms with E-state index in [-0.39, 0.29) is 29.8 Å². The van der Waals surface area contributed by atoms with Gasteiger partial charge in [0.2, 0.25) is 11.0 Å². The van der Waals surface area contributed by atoms with Crippen LogP contribution in [0.15, 0.2) is 21.6 Å². The molecule has 1 aromatic rings. The molecule has 0 radical (unpaired) electrons. The largest absolute Gasteiger partial charge is 0.438 e. The molecule has 0 spiro atoms. The first-order chi connectivity index (χ1) is 8.86. The van der Waals surface area contributed by atoms with E-state index in [0.717, 1.165) is 0 Å². The molecule has 2 amide bonds. The third-order valence-corrected chi connectivity index (χ3v) is 3.41. The van der Waals surface area contributed by atoms with Gasteiger partial charge >= 0.3 is 0 Å². The molecule has 0 unspecified atom stereocenters. The fraction of sp³-hybridized carbons (Fsp3) is 0.400. The highest BCUT2D eigenvalue weighted by atomic mass is 32.2. The predicted octanol–water partition coefficient (Wildman–Crippen LogP) is -0.946. The number of nitrogens with one attached hydrogen (secondary N) is 3. The van der Waals surface area contributed by atoms with E-state index in [9.17, 15) is 18.0 Å². The Morgan fingerprint density at radius 3 is 2.42 bits per heavy atom. The van der Waals surface area contributed by atoms with Crippen molar-refractivity contribution in [1.29, 1.82) is 0 Å². The number of amides is 2. The van der Waals surface area contributed by atoms with Crippen LogP contribution in [0, 0.1) is 0 Å². The van der Waals surface area contributed by atoms with E-state index in [4.69, 9.17) is 4.42 Å². The molecule has 0 bridgehead atoms. The normalized spacial score (nSPS) is 11.1. The third-order valence-electron chi connectivity index (χ3n) is 2.12. The lowest BCUT2D eigenvalue weighted by Crippen LogP contribution is -2.33. The summed E-state index contributed by atoms with van der Waals surface area (Å²) in [6.07, 6.45) is 0. The van der Waals surface area contributed by atoms with E-state index >= 15 is 0 Å². The lowest BCUT2D eigenvalue weighted by Gasteiger charge is -2.03. The van der Waals surface area contributed by atoms with Gasteiger partial charge in [0.25, 0.3) is 15.9 Å². The molecule has 0 saturated heterocycles. The van der Waals surface area contributed by atoms with Crippen LogP contribution in [0.3, 0.4) is 0 Å². The number of sulfonamides is 1. The first kappa shape index (κ1) is 15.2. The summed E-state index contributed by atoms with van der Waals surface area (Å²) in [6.45, 7) is 1.86. The van der Waals surface area contributed by atoms with Crippen LogP contribution in [-0.4, -0.2) is 40.4 Å². The van der Waals surface area contributed by atoms with Crippen LogP contribution < -0.4 is 15.4 Å². The van der Waals surface area contributed by atoms with Gasteiger partial charge in [0.15, 0.2) is 5.76 Å². The summed E-state index contributed by atoms with van der Waals surface area (Å²) < 4.78 is 29.8. The molecule has 3 N–H and O–H groups in total. The molecule has 8 nitrogen and oxygen atoms in total. The quantitative estimate of drug-likeness (QED) is 0.584. The maximum Gasteiger partial charge on any atom is 0.287 e. The summed E-state index contributed by atoms with van der Waals surface area (Å²) in [6, 6.07) is 2.45. The first-order valence-corrected chi connectivity index (χ1v) is 6.91. The smallest absolute Gasteiger partial charge is 0.287 e. The monoisotopic (exact) mass is 289 g/mol. The lowest BCUT2D eigenvalue weighted by atomic mass is 10.4. The van der Waals surface area contributed by atoms with E-state index < -0.39 is 15.9 Å². The van der Waals surface area contributed by atoms with Gasteiger partial charge in [-0.2, -0.15) is 0 Å². The lowest BCUT2D eigenvalue weighted by molar-refractivity contribution is -0.118. The standard InChI is InChI=1S/C10H15N3O5S/c1-7(14)12-5-6-13-10(15)8-3-4-9(18-8)19(16,17)11-2/h3-4,11H,5-6H2,1-2H3,(H,12,14)(H,13,15). The number of hydrogen-bond donors (Lipinski definition) is 3. The zero-order valence-electron chi connectivity index (χ0n) is 10.5. The van der Waals surface area contributed by atoms with Gasteiger partial charge in [0.05, 0.1) is 0 Å². The molecule has 19 heavy (non-hydrogen) atoms. The van der Waals surface area contributed by atoms with E-state index in [1.54, 1.807) is 0 Å².